The van der Waals surface area contributed by atoms with Crippen molar-refractivity contribution in [2.75, 3.05) is 18.8 Å². The summed E-state index contributed by atoms with van der Waals surface area (Å²) < 4.78 is 0. The number of nitrogens with zero attached hydrogens (tertiary/aromatic N) is 1. The molecule has 8 heteroatoms. The van der Waals surface area contributed by atoms with E-state index in [0.717, 1.165) is 25.9 Å². The number of halogens is 1. The fraction of sp³-hybridized carbons (Fsp3) is 0.471. The number of H-pyrrole nitrogens is 1. The highest BCUT2D eigenvalue weighted by Crippen LogP contribution is 2.12. The molecule has 0 bridgehead atoms. The van der Waals surface area contributed by atoms with Crippen LogP contribution in [0, 0.1) is 0 Å². The third-order valence-electron chi connectivity index (χ3n) is 4.08. The first-order chi connectivity index (χ1) is 11.7. The van der Waals surface area contributed by atoms with E-state index in [9.17, 15) is 9.59 Å². The second-order valence-electron chi connectivity index (χ2n) is 5.92. The molecule has 1 fully saturated rings. The van der Waals surface area contributed by atoms with Crippen LogP contribution in [0.2, 0.25) is 0 Å². The van der Waals surface area contributed by atoms with Gasteiger partial charge in [0.15, 0.2) is 0 Å². The lowest BCUT2D eigenvalue weighted by molar-refractivity contribution is -0.121. The fourth-order valence-corrected chi connectivity index (χ4v) is 3.61. The van der Waals surface area contributed by atoms with Gasteiger partial charge in [-0.3, -0.25) is 9.59 Å². The number of amides is 1. The van der Waals surface area contributed by atoms with Crippen molar-refractivity contribution in [2.45, 2.75) is 31.1 Å². The summed E-state index contributed by atoms with van der Waals surface area (Å²) in [5.41, 5.74) is 0.598. The molecule has 136 valence electrons. The Hall–Kier alpha value is -1.57. The Kier molecular flexibility index (Phi) is 7.74. The van der Waals surface area contributed by atoms with Gasteiger partial charge < -0.3 is 15.6 Å². The van der Waals surface area contributed by atoms with Crippen molar-refractivity contribution >= 4 is 41.0 Å². The average molecular weight is 383 g/mol. The zero-order valence-corrected chi connectivity index (χ0v) is 15.5. The van der Waals surface area contributed by atoms with E-state index in [2.05, 4.69) is 20.6 Å². The molecule has 1 aromatic carbocycles. The summed E-state index contributed by atoms with van der Waals surface area (Å²) in [5, 5.41) is 6.97. The van der Waals surface area contributed by atoms with Crippen molar-refractivity contribution in [3.05, 3.63) is 40.4 Å². The smallest absolute Gasteiger partial charge is 0.258 e. The van der Waals surface area contributed by atoms with Crippen LogP contribution in [0.4, 0.5) is 0 Å². The van der Waals surface area contributed by atoms with E-state index in [4.69, 9.17) is 0 Å². The predicted octanol–water partition coefficient (Wildman–Crippen LogP) is 1.84. The highest BCUT2D eigenvalue weighted by atomic mass is 35.5. The largest absolute Gasteiger partial charge is 0.353 e. The highest BCUT2D eigenvalue weighted by Gasteiger charge is 2.14. The van der Waals surface area contributed by atoms with Crippen LogP contribution in [-0.4, -0.2) is 40.8 Å². The summed E-state index contributed by atoms with van der Waals surface area (Å²) in [6.07, 6.45) is 2.49. The molecule has 1 amide bonds. The summed E-state index contributed by atoms with van der Waals surface area (Å²) in [7, 11) is 0. The fourth-order valence-electron chi connectivity index (χ4n) is 2.80. The van der Waals surface area contributed by atoms with E-state index in [1.165, 1.54) is 0 Å². The number of benzene rings is 1. The number of piperidine rings is 1. The molecule has 0 unspecified atom stereocenters. The van der Waals surface area contributed by atoms with E-state index < -0.39 is 0 Å². The number of carbonyl (C=O) groups excluding carboxylic acids is 1. The Balaban J connectivity index is 0.00000225. The van der Waals surface area contributed by atoms with Crippen molar-refractivity contribution < 1.29 is 4.79 Å². The highest BCUT2D eigenvalue weighted by molar-refractivity contribution is 7.98. The molecular formula is C17H23ClN4O2S. The van der Waals surface area contributed by atoms with Gasteiger partial charge in [-0.15, -0.1) is 12.4 Å². The number of aromatic nitrogens is 2. The van der Waals surface area contributed by atoms with Crippen LogP contribution in [0.25, 0.3) is 10.9 Å². The topological polar surface area (TPSA) is 86.9 Å². The maximum Gasteiger partial charge on any atom is 0.258 e. The quantitative estimate of drug-likeness (QED) is 0.663. The normalized spacial score (nSPS) is 14.9. The predicted molar refractivity (Wildman–Crippen MR) is 104 cm³/mol. The Morgan fingerprint density at radius 2 is 2.04 bits per heavy atom. The third kappa shape index (κ3) is 5.73. The van der Waals surface area contributed by atoms with Crippen molar-refractivity contribution in [3.63, 3.8) is 0 Å². The van der Waals surface area contributed by atoms with E-state index in [-0.39, 0.29) is 23.9 Å². The maximum atomic E-state index is 12.0. The summed E-state index contributed by atoms with van der Waals surface area (Å²) in [4.78, 5) is 31.2. The Labute approximate surface area is 157 Å². The SMILES string of the molecule is Cl.O=C(CCSCc1nc2ccccc2c(=O)[nH]1)NC1CCNCC1. The molecule has 2 aromatic rings. The number of fused-ring (bicyclic) bond motifs is 1. The molecule has 3 rings (SSSR count). The number of rotatable bonds is 6. The van der Waals surface area contributed by atoms with Gasteiger partial charge in [0.2, 0.25) is 5.91 Å². The van der Waals surface area contributed by atoms with E-state index >= 15 is 0 Å². The molecule has 1 aliphatic heterocycles. The van der Waals surface area contributed by atoms with Gasteiger partial charge in [0.05, 0.1) is 16.7 Å². The van der Waals surface area contributed by atoms with Crippen molar-refractivity contribution in [1.29, 1.82) is 0 Å². The standard InChI is InChI=1S/C17H22N4O2S.ClH/c22-16(19-12-5-8-18-9-6-12)7-10-24-11-15-20-14-4-2-1-3-13(14)17(23)21-15;/h1-4,12,18H,5-11H2,(H,19,22)(H,20,21,23);1H. The number of nitrogens with one attached hydrogen (secondary N) is 3. The Bertz CT molecular complexity index is 762. The van der Waals surface area contributed by atoms with Gasteiger partial charge in [-0.2, -0.15) is 11.8 Å². The van der Waals surface area contributed by atoms with Crippen LogP contribution >= 0.6 is 24.2 Å². The van der Waals surface area contributed by atoms with Crippen LogP contribution in [0.5, 0.6) is 0 Å². The minimum Gasteiger partial charge on any atom is -0.353 e. The molecule has 3 N–H and O–H groups in total. The molecule has 0 spiro atoms. The minimum atomic E-state index is -0.111. The molecule has 0 aliphatic carbocycles. The second kappa shape index (κ2) is 9.79. The number of hydrogen-bond acceptors (Lipinski definition) is 5. The zero-order valence-electron chi connectivity index (χ0n) is 13.9. The van der Waals surface area contributed by atoms with Gasteiger partial charge in [-0.25, -0.2) is 4.98 Å². The van der Waals surface area contributed by atoms with E-state index in [1.54, 1.807) is 17.8 Å². The average Bonchev–Trinajstić information content (AvgIpc) is 2.60. The molecule has 2 heterocycles. The van der Waals surface area contributed by atoms with Crippen molar-refractivity contribution in [3.8, 4) is 0 Å². The van der Waals surface area contributed by atoms with Crippen molar-refractivity contribution in [2.24, 2.45) is 0 Å². The summed E-state index contributed by atoms with van der Waals surface area (Å²) >= 11 is 1.61. The Morgan fingerprint density at radius 3 is 2.84 bits per heavy atom. The lowest BCUT2D eigenvalue weighted by atomic mass is 10.1. The van der Waals surface area contributed by atoms with Crippen molar-refractivity contribution in [1.82, 2.24) is 20.6 Å². The van der Waals surface area contributed by atoms with Gasteiger partial charge in [0, 0.05) is 18.2 Å². The number of hydrogen-bond donors (Lipinski definition) is 3. The summed E-state index contributed by atoms with van der Waals surface area (Å²) in [6, 6.07) is 7.61. The van der Waals surface area contributed by atoms with Crippen LogP contribution < -0.4 is 16.2 Å². The van der Waals surface area contributed by atoms with Crippen LogP contribution in [0.15, 0.2) is 29.1 Å². The summed E-state index contributed by atoms with van der Waals surface area (Å²) in [5.74, 6) is 2.07. The maximum absolute atomic E-state index is 12.0. The number of carbonyl (C=O) groups is 1. The van der Waals surface area contributed by atoms with Gasteiger partial charge in [-0.05, 0) is 38.1 Å². The molecule has 6 nitrogen and oxygen atoms in total. The first-order valence-corrected chi connectivity index (χ1v) is 9.43. The monoisotopic (exact) mass is 382 g/mol. The molecule has 0 radical (unpaired) electrons. The molecule has 0 saturated carbocycles. The van der Waals surface area contributed by atoms with Crippen LogP contribution in [0.1, 0.15) is 25.1 Å². The number of para-hydroxylation sites is 1. The first-order valence-electron chi connectivity index (χ1n) is 8.28. The Morgan fingerprint density at radius 1 is 1.28 bits per heavy atom. The van der Waals surface area contributed by atoms with Gasteiger partial charge in [0.1, 0.15) is 5.82 Å². The lowest BCUT2D eigenvalue weighted by Gasteiger charge is -2.23. The lowest BCUT2D eigenvalue weighted by Crippen LogP contribution is -2.42. The van der Waals surface area contributed by atoms with Crippen LogP contribution in [-0.2, 0) is 10.5 Å². The summed E-state index contributed by atoms with van der Waals surface area (Å²) in [6.45, 7) is 1.95. The second-order valence-corrected chi connectivity index (χ2v) is 7.03. The third-order valence-corrected chi connectivity index (χ3v) is 5.05. The van der Waals surface area contributed by atoms with Crippen LogP contribution in [0.3, 0.4) is 0 Å². The molecule has 25 heavy (non-hydrogen) atoms. The number of aromatic amines is 1. The molecular weight excluding hydrogens is 360 g/mol. The van der Waals surface area contributed by atoms with Gasteiger partial charge in [0.25, 0.3) is 5.56 Å². The number of thioether (sulfide) groups is 1. The van der Waals surface area contributed by atoms with Gasteiger partial charge in [-0.1, -0.05) is 12.1 Å². The van der Waals surface area contributed by atoms with Gasteiger partial charge >= 0.3 is 0 Å². The molecule has 1 aromatic heterocycles. The minimum absolute atomic E-state index is 0. The first kappa shape index (κ1) is 19.8. The molecule has 1 saturated heterocycles. The molecule has 0 atom stereocenters. The zero-order chi connectivity index (χ0) is 16.8. The van der Waals surface area contributed by atoms with E-state index in [0.29, 0.717) is 40.7 Å². The van der Waals surface area contributed by atoms with E-state index in [1.807, 2.05) is 18.2 Å². The molecule has 1 aliphatic rings.